The van der Waals surface area contributed by atoms with Crippen LogP contribution in [-0.2, 0) is 14.3 Å². The number of rotatable bonds is 6. The third kappa shape index (κ3) is 4.19. The molecule has 1 aliphatic carbocycles. The molecule has 24 heavy (non-hydrogen) atoms. The number of aromatic nitrogens is 1. The standard InChI is InChI=1S/C16H21N3O4S/c20-9-13-12(18-15(22)10-2-1-3-10)5-4-11(23-13)8-14(21)19-16-17-6-7-24-16/h4-7,10-13,20H,1-3,8-9H2,(H,18,22)(H,17,19,21)/t11-,12+,13-/m1/s1. The van der Waals surface area contributed by atoms with Gasteiger partial charge in [0, 0.05) is 17.5 Å². The summed E-state index contributed by atoms with van der Waals surface area (Å²) in [5, 5.41) is 17.5. The fraction of sp³-hybridized carbons (Fsp3) is 0.562. The topological polar surface area (TPSA) is 101 Å². The number of thiazole rings is 1. The Labute approximate surface area is 144 Å². The molecule has 7 nitrogen and oxygen atoms in total. The molecule has 3 atom stereocenters. The fourth-order valence-electron chi connectivity index (χ4n) is 2.73. The summed E-state index contributed by atoms with van der Waals surface area (Å²) in [6.45, 7) is -0.218. The monoisotopic (exact) mass is 351 g/mol. The maximum Gasteiger partial charge on any atom is 0.229 e. The molecule has 0 aromatic carbocycles. The van der Waals surface area contributed by atoms with Crippen LogP contribution in [0.5, 0.6) is 0 Å². The number of amides is 2. The Hall–Kier alpha value is -1.77. The molecule has 3 rings (SSSR count). The van der Waals surface area contributed by atoms with Crippen LogP contribution in [0.25, 0.3) is 0 Å². The van der Waals surface area contributed by atoms with Crippen LogP contribution < -0.4 is 10.6 Å². The first-order valence-electron chi connectivity index (χ1n) is 8.10. The van der Waals surface area contributed by atoms with E-state index in [9.17, 15) is 14.7 Å². The summed E-state index contributed by atoms with van der Waals surface area (Å²) in [6.07, 6.45) is 7.29. The Morgan fingerprint density at radius 2 is 2.21 bits per heavy atom. The number of ether oxygens (including phenoxy) is 1. The number of nitrogens with zero attached hydrogens (tertiary/aromatic N) is 1. The van der Waals surface area contributed by atoms with Gasteiger partial charge < -0.3 is 20.5 Å². The van der Waals surface area contributed by atoms with Crippen molar-refractivity contribution >= 4 is 28.3 Å². The highest BCUT2D eigenvalue weighted by Gasteiger charge is 2.32. The van der Waals surface area contributed by atoms with Crippen molar-refractivity contribution in [1.29, 1.82) is 0 Å². The lowest BCUT2D eigenvalue weighted by Gasteiger charge is -2.33. The van der Waals surface area contributed by atoms with Gasteiger partial charge in [0.15, 0.2) is 5.13 Å². The van der Waals surface area contributed by atoms with Crippen LogP contribution in [-0.4, -0.2) is 46.8 Å². The van der Waals surface area contributed by atoms with Gasteiger partial charge in [0.25, 0.3) is 0 Å². The average Bonchev–Trinajstić information content (AvgIpc) is 2.99. The van der Waals surface area contributed by atoms with E-state index in [1.165, 1.54) is 11.3 Å². The van der Waals surface area contributed by atoms with Gasteiger partial charge in [0.2, 0.25) is 11.8 Å². The van der Waals surface area contributed by atoms with Crippen LogP contribution in [0.3, 0.4) is 0 Å². The smallest absolute Gasteiger partial charge is 0.229 e. The Morgan fingerprint density at radius 3 is 2.83 bits per heavy atom. The highest BCUT2D eigenvalue weighted by molar-refractivity contribution is 7.13. The molecule has 1 aromatic heterocycles. The second kappa shape index (κ2) is 7.87. The van der Waals surface area contributed by atoms with E-state index in [1.807, 2.05) is 6.08 Å². The maximum atomic E-state index is 12.0. The Morgan fingerprint density at radius 1 is 1.38 bits per heavy atom. The van der Waals surface area contributed by atoms with E-state index >= 15 is 0 Å². The lowest BCUT2D eigenvalue weighted by molar-refractivity contribution is -0.131. The van der Waals surface area contributed by atoms with Gasteiger partial charge in [0.1, 0.15) is 6.10 Å². The molecule has 8 heteroatoms. The normalized spacial score (nSPS) is 26.6. The summed E-state index contributed by atoms with van der Waals surface area (Å²) >= 11 is 1.35. The lowest BCUT2D eigenvalue weighted by Crippen LogP contribution is -2.51. The third-order valence-electron chi connectivity index (χ3n) is 4.31. The molecular weight excluding hydrogens is 330 g/mol. The zero-order chi connectivity index (χ0) is 16.9. The second-order valence-electron chi connectivity index (χ2n) is 6.03. The Bertz CT molecular complexity index is 600. The number of carbonyl (C=O) groups excluding carboxylic acids is 2. The van der Waals surface area contributed by atoms with Gasteiger partial charge >= 0.3 is 0 Å². The van der Waals surface area contributed by atoms with Crippen LogP contribution in [0, 0.1) is 5.92 Å². The summed E-state index contributed by atoms with van der Waals surface area (Å²) in [5.41, 5.74) is 0. The molecule has 3 N–H and O–H groups in total. The highest BCUT2D eigenvalue weighted by Crippen LogP contribution is 2.27. The predicted molar refractivity (Wildman–Crippen MR) is 89.5 cm³/mol. The summed E-state index contributed by atoms with van der Waals surface area (Å²) in [4.78, 5) is 28.0. The number of aliphatic hydroxyl groups excluding tert-OH is 1. The van der Waals surface area contributed by atoms with Gasteiger partial charge in [0.05, 0.1) is 25.2 Å². The maximum absolute atomic E-state index is 12.0. The highest BCUT2D eigenvalue weighted by atomic mass is 32.1. The average molecular weight is 351 g/mol. The molecule has 2 amide bonds. The van der Waals surface area contributed by atoms with Crippen molar-refractivity contribution in [3.8, 4) is 0 Å². The van der Waals surface area contributed by atoms with Crippen LogP contribution in [0.4, 0.5) is 5.13 Å². The number of carbonyl (C=O) groups is 2. The molecule has 0 spiro atoms. The van der Waals surface area contributed by atoms with Crippen LogP contribution in [0.1, 0.15) is 25.7 Å². The van der Waals surface area contributed by atoms with Crippen molar-refractivity contribution in [3.63, 3.8) is 0 Å². The molecule has 1 saturated carbocycles. The number of aliphatic hydroxyl groups is 1. The minimum atomic E-state index is -0.545. The van der Waals surface area contributed by atoms with Gasteiger partial charge in [-0.1, -0.05) is 18.6 Å². The molecule has 130 valence electrons. The van der Waals surface area contributed by atoms with Crippen LogP contribution >= 0.6 is 11.3 Å². The lowest BCUT2D eigenvalue weighted by atomic mass is 9.84. The van der Waals surface area contributed by atoms with Crippen molar-refractivity contribution in [1.82, 2.24) is 10.3 Å². The molecule has 0 radical (unpaired) electrons. The zero-order valence-corrected chi connectivity index (χ0v) is 14.0. The minimum absolute atomic E-state index is 0.0120. The molecule has 0 bridgehead atoms. The van der Waals surface area contributed by atoms with Crippen LogP contribution in [0.2, 0.25) is 0 Å². The quantitative estimate of drug-likeness (QED) is 0.666. The third-order valence-corrected chi connectivity index (χ3v) is 5.00. The van der Waals surface area contributed by atoms with Crippen molar-refractivity contribution in [2.24, 2.45) is 5.92 Å². The molecular formula is C16H21N3O4S. The van der Waals surface area contributed by atoms with E-state index in [0.717, 1.165) is 19.3 Å². The van der Waals surface area contributed by atoms with E-state index in [1.54, 1.807) is 17.7 Å². The molecule has 1 fully saturated rings. The SMILES string of the molecule is O=C(C[C@H]1C=C[C@H](NC(=O)C2CCC2)[C@@H](CO)O1)Nc1nccs1. The van der Waals surface area contributed by atoms with Crippen molar-refractivity contribution in [2.75, 3.05) is 11.9 Å². The van der Waals surface area contributed by atoms with E-state index in [0.29, 0.717) is 5.13 Å². The first-order valence-corrected chi connectivity index (χ1v) is 8.98. The van der Waals surface area contributed by atoms with Crippen molar-refractivity contribution in [2.45, 2.75) is 43.9 Å². The largest absolute Gasteiger partial charge is 0.394 e. The van der Waals surface area contributed by atoms with Crippen LogP contribution in [0.15, 0.2) is 23.7 Å². The van der Waals surface area contributed by atoms with E-state index < -0.39 is 12.2 Å². The second-order valence-corrected chi connectivity index (χ2v) is 6.93. The fourth-order valence-corrected chi connectivity index (χ4v) is 3.27. The minimum Gasteiger partial charge on any atom is -0.394 e. The zero-order valence-electron chi connectivity index (χ0n) is 13.2. The first-order chi connectivity index (χ1) is 11.7. The van der Waals surface area contributed by atoms with Crippen molar-refractivity contribution < 1.29 is 19.4 Å². The summed E-state index contributed by atoms with van der Waals surface area (Å²) in [6, 6.07) is -0.360. The molecule has 2 heterocycles. The van der Waals surface area contributed by atoms with Gasteiger partial charge in [-0.3, -0.25) is 9.59 Å². The Balaban J connectivity index is 1.52. The van der Waals surface area contributed by atoms with E-state index in [4.69, 9.17) is 4.74 Å². The van der Waals surface area contributed by atoms with Gasteiger partial charge in [-0.15, -0.1) is 11.3 Å². The summed E-state index contributed by atoms with van der Waals surface area (Å²) in [5.74, 6) is -0.106. The predicted octanol–water partition coefficient (Wildman–Crippen LogP) is 1.07. The molecule has 0 unspecified atom stereocenters. The van der Waals surface area contributed by atoms with Crippen molar-refractivity contribution in [3.05, 3.63) is 23.7 Å². The van der Waals surface area contributed by atoms with Gasteiger partial charge in [-0.25, -0.2) is 4.98 Å². The number of hydrogen-bond donors (Lipinski definition) is 3. The summed E-state index contributed by atoms with van der Waals surface area (Å²) in [7, 11) is 0. The molecule has 1 aliphatic heterocycles. The summed E-state index contributed by atoms with van der Waals surface area (Å²) < 4.78 is 5.74. The number of anilines is 1. The van der Waals surface area contributed by atoms with E-state index in [-0.39, 0.29) is 36.8 Å². The number of hydrogen-bond acceptors (Lipinski definition) is 6. The van der Waals surface area contributed by atoms with Gasteiger partial charge in [-0.2, -0.15) is 0 Å². The molecule has 2 aliphatic rings. The number of nitrogens with one attached hydrogen (secondary N) is 2. The molecule has 1 aromatic rings. The van der Waals surface area contributed by atoms with Gasteiger partial charge in [-0.05, 0) is 12.8 Å². The Kier molecular flexibility index (Phi) is 5.60. The molecule has 0 saturated heterocycles. The van der Waals surface area contributed by atoms with E-state index in [2.05, 4.69) is 15.6 Å². The first kappa shape index (κ1) is 17.1.